The molecule has 150 valence electrons. The number of rotatable bonds is 4. The minimum Gasteiger partial charge on any atom is -0.323 e. The average molecular weight is 395 g/mol. The summed E-state index contributed by atoms with van der Waals surface area (Å²) in [5.41, 5.74) is 0.0260. The fourth-order valence-corrected chi connectivity index (χ4v) is 4.03. The number of aromatic nitrogens is 2. The van der Waals surface area contributed by atoms with Gasteiger partial charge in [-0.2, -0.15) is 0 Å². The van der Waals surface area contributed by atoms with Gasteiger partial charge in [0.15, 0.2) is 0 Å². The number of aromatic amines is 1. The van der Waals surface area contributed by atoms with Gasteiger partial charge in [0.05, 0.1) is 16.6 Å². The molecule has 0 bridgehead atoms. The summed E-state index contributed by atoms with van der Waals surface area (Å²) in [5.74, 6) is -0.691. The molecule has 1 aliphatic rings. The average Bonchev–Trinajstić information content (AvgIpc) is 2.73. The van der Waals surface area contributed by atoms with E-state index in [-0.39, 0.29) is 29.0 Å². The topological polar surface area (TPSA) is 84.0 Å². The summed E-state index contributed by atoms with van der Waals surface area (Å²) in [5, 5.41) is 3.15. The molecule has 4 rings (SSSR count). The Balaban J connectivity index is 1.41. The number of nitrogens with zero attached hydrogens (tertiary/aromatic N) is 1. The van der Waals surface area contributed by atoms with Gasteiger partial charge in [-0.25, -0.2) is 9.18 Å². The Morgan fingerprint density at radius 1 is 1.03 bits per heavy atom. The third-order valence-corrected chi connectivity index (χ3v) is 5.68. The van der Waals surface area contributed by atoms with Crippen LogP contribution in [-0.2, 0) is 11.3 Å². The van der Waals surface area contributed by atoms with Crippen LogP contribution in [0.25, 0.3) is 10.9 Å². The third kappa shape index (κ3) is 3.99. The second kappa shape index (κ2) is 8.03. The largest absolute Gasteiger partial charge is 0.328 e. The van der Waals surface area contributed by atoms with Crippen molar-refractivity contribution in [3.8, 4) is 0 Å². The number of H-pyrrole nitrogens is 1. The number of para-hydroxylation sites is 2. The van der Waals surface area contributed by atoms with Gasteiger partial charge in [-0.05, 0) is 55.9 Å². The lowest BCUT2D eigenvalue weighted by atomic mass is 9.81. The molecule has 0 atom stereocenters. The molecule has 7 heteroatoms. The van der Waals surface area contributed by atoms with E-state index in [0.29, 0.717) is 30.3 Å². The van der Waals surface area contributed by atoms with Crippen molar-refractivity contribution in [2.75, 3.05) is 5.32 Å². The molecule has 2 N–H and O–H groups in total. The molecule has 6 nitrogen and oxygen atoms in total. The van der Waals surface area contributed by atoms with Crippen molar-refractivity contribution in [3.63, 3.8) is 0 Å². The summed E-state index contributed by atoms with van der Waals surface area (Å²) in [7, 11) is 0. The fourth-order valence-electron chi connectivity index (χ4n) is 4.03. The molecule has 0 radical (unpaired) electrons. The van der Waals surface area contributed by atoms with Crippen LogP contribution >= 0.6 is 0 Å². The highest BCUT2D eigenvalue weighted by molar-refractivity contribution is 5.92. The SMILES string of the molecule is O=C(Nc1ccccc1F)C1CCC(Cn2c(=O)[nH]c3ccccc3c2=O)CC1. The van der Waals surface area contributed by atoms with Crippen LogP contribution in [0, 0.1) is 17.7 Å². The molecule has 0 spiro atoms. The molecule has 1 aliphatic carbocycles. The van der Waals surface area contributed by atoms with E-state index in [9.17, 15) is 18.8 Å². The first-order chi connectivity index (χ1) is 14.0. The summed E-state index contributed by atoms with van der Waals surface area (Å²) in [6.45, 7) is 0.334. The van der Waals surface area contributed by atoms with Gasteiger partial charge in [0, 0.05) is 12.5 Å². The smallest absolute Gasteiger partial charge is 0.323 e. The summed E-state index contributed by atoms with van der Waals surface area (Å²) in [6.07, 6.45) is 2.75. The highest BCUT2D eigenvalue weighted by Crippen LogP contribution is 2.30. The molecule has 3 aromatic rings. The van der Waals surface area contributed by atoms with Gasteiger partial charge in [-0.3, -0.25) is 14.2 Å². The van der Waals surface area contributed by atoms with Crippen molar-refractivity contribution in [2.45, 2.75) is 32.2 Å². The zero-order valence-electron chi connectivity index (χ0n) is 15.9. The van der Waals surface area contributed by atoms with Gasteiger partial charge < -0.3 is 10.3 Å². The summed E-state index contributed by atoms with van der Waals surface area (Å²) in [6, 6.07) is 13.1. The normalized spacial score (nSPS) is 19.2. The van der Waals surface area contributed by atoms with E-state index in [4.69, 9.17) is 0 Å². The second-order valence-electron chi connectivity index (χ2n) is 7.58. The highest BCUT2D eigenvalue weighted by Gasteiger charge is 2.27. The Morgan fingerprint density at radius 2 is 1.72 bits per heavy atom. The molecule has 29 heavy (non-hydrogen) atoms. The lowest BCUT2D eigenvalue weighted by Crippen LogP contribution is -2.38. The minimum absolute atomic E-state index is 0.146. The van der Waals surface area contributed by atoms with Crippen LogP contribution in [0.4, 0.5) is 10.1 Å². The van der Waals surface area contributed by atoms with Gasteiger partial charge in [-0.1, -0.05) is 24.3 Å². The molecule has 1 heterocycles. The molecule has 1 aromatic heterocycles. The molecule has 1 amide bonds. The van der Waals surface area contributed by atoms with E-state index in [2.05, 4.69) is 10.3 Å². The van der Waals surface area contributed by atoms with Crippen LogP contribution in [0.1, 0.15) is 25.7 Å². The summed E-state index contributed by atoms with van der Waals surface area (Å²) in [4.78, 5) is 40.2. The maximum absolute atomic E-state index is 13.7. The van der Waals surface area contributed by atoms with Crippen LogP contribution in [0.5, 0.6) is 0 Å². The van der Waals surface area contributed by atoms with Gasteiger partial charge in [0.25, 0.3) is 5.56 Å². The number of halogens is 1. The Bertz CT molecular complexity index is 1160. The maximum Gasteiger partial charge on any atom is 0.328 e. The quantitative estimate of drug-likeness (QED) is 0.711. The number of benzene rings is 2. The van der Waals surface area contributed by atoms with E-state index < -0.39 is 11.5 Å². The van der Waals surface area contributed by atoms with E-state index >= 15 is 0 Å². The number of carbonyl (C=O) groups excluding carboxylic acids is 1. The zero-order chi connectivity index (χ0) is 20.4. The second-order valence-corrected chi connectivity index (χ2v) is 7.58. The number of hydrogen-bond acceptors (Lipinski definition) is 3. The van der Waals surface area contributed by atoms with Crippen LogP contribution in [0.15, 0.2) is 58.1 Å². The van der Waals surface area contributed by atoms with Crippen molar-refractivity contribution in [1.29, 1.82) is 0 Å². The van der Waals surface area contributed by atoms with Gasteiger partial charge in [-0.15, -0.1) is 0 Å². The number of anilines is 1. The van der Waals surface area contributed by atoms with E-state index in [1.165, 1.54) is 16.7 Å². The van der Waals surface area contributed by atoms with Crippen molar-refractivity contribution >= 4 is 22.5 Å². The lowest BCUT2D eigenvalue weighted by molar-refractivity contribution is -0.121. The monoisotopic (exact) mass is 395 g/mol. The van der Waals surface area contributed by atoms with E-state index in [1.54, 1.807) is 36.4 Å². The first-order valence-corrected chi connectivity index (χ1v) is 9.80. The van der Waals surface area contributed by atoms with Gasteiger partial charge in [0.2, 0.25) is 5.91 Å². The number of amides is 1. The highest BCUT2D eigenvalue weighted by atomic mass is 19.1. The molecule has 0 unspecified atom stereocenters. The van der Waals surface area contributed by atoms with Crippen LogP contribution in [-0.4, -0.2) is 15.5 Å². The Kier molecular flexibility index (Phi) is 5.29. The first kappa shape index (κ1) is 19.1. The van der Waals surface area contributed by atoms with Crippen LogP contribution < -0.4 is 16.6 Å². The summed E-state index contributed by atoms with van der Waals surface area (Å²) >= 11 is 0. The van der Waals surface area contributed by atoms with E-state index in [1.807, 2.05) is 0 Å². The van der Waals surface area contributed by atoms with Crippen molar-refractivity contribution in [1.82, 2.24) is 9.55 Å². The molecule has 1 fully saturated rings. The number of nitrogens with one attached hydrogen (secondary N) is 2. The van der Waals surface area contributed by atoms with Crippen molar-refractivity contribution in [2.24, 2.45) is 11.8 Å². The Labute approximate surface area is 166 Å². The molecule has 0 saturated heterocycles. The number of hydrogen-bond donors (Lipinski definition) is 2. The van der Waals surface area contributed by atoms with Crippen molar-refractivity contribution in [3.05, 3.63) is 75.2 Å². The summed E-state index contributed by atoms with van der Waals surface area (Å²) < 4.78 is 15.0. The zero-order valence-corrected chi connectivity index (χ0v) is 15.9. The molecule has 2 aromatic carbocycles. The van der Waals surface area contributed by atoms with Crippen LogP contribution in [0.2, 0.25) is 0 Å². The van der Waals surface area contributed by atoms with Gasteiger partial charge in [0.1, 0.15) is 5.82 Å². The predicted molar refractivity (Wildman–Crippen MR) is 109 cm³/mol. The third-order valence-electron chi connectivity index (χ3n) is 5.68. The standard InChI is InChI=1S/C22H22FN3O3/c23-17-6-2-4-8-19(17)24-20(27)15-11-9-14(10-12-15)13-26-21(28)16-5-1-3-7-18(16)25-22(26)29/h1-8,14-15H,9-13H2,(H,24,27)(H,25,29). The predicted octanol–water partition coefficient (Wildman–Crippen LogP) is 3.27. The number of fused-ring (bicyclic) bond motifs is 1. The van der Waals surface area contributed by atoms with E-state index in [0.717, 1.165) is 12.8 Å². The van der Waals surface area contributed by atoms with Crippen molar-refractivity contribution < 1.29 is 9.18 Å². The van der Waals surface area contributed by atoms with Crippen LogP contribution in [0.3, 0.4) is 0 Å². The lowest BCUT2D eigenvalue weighted by Gasteiger charge is -2.28. The maximum atomic E-state index is 13.7. The number of carbonyl (C=O) groups is 1. The fraction of sp³-hybridized carbons (Fsp3) is 0.318. The Morgan fingerprint density at radius 3 is 2.48 bits per heavy atom. The molecular weight excluding hydrogens is 373 g/mol. The molecule has 0 aliphatic heterocycles. The Hall–Kier alpha value is -3.22. The molecule has 1 saturated carbocycles. The molecular formula is C22H22FN3O3. The first-order valence-electron chi connectivity index (χ1n) is 9.80. The minimum atomic E-state index is -0.454. The van der Waals surface area contributed by atoms with Gasteiger partial charge >= 0.3 is 5.69 Å².